The minimum absolute atomic E-state index is 0.0800. The Hall–Kier alpha value is -1.44. The first-order chi connectivity index (χ1) is 18.2. The van der Waals surface area contributed by atoms with Crippen LogP contribution in [0.5, 0.6) is 11.5 Å². The van der Waals surface area contributed by atoms with E-state index in [-0.39, 0.29) is 22.7 Å². The normalized spacial score (nSPS) is 43.3. The number of nitrogens with zero attached hydrogens (tertiary/aromatic N) is 1. The van der Waals surface area contributed by atoms with Gasteiger partial charge in [-0.1, -0.05) is 42.9 Å². The van der Waals surface area contributed by atoms with Gasteiger partial charge in [0.15, 0.2) is 11.5 Å². The second-order valence-electron chi connectivity index (χ2n) is 13.4. The molecule has 2 aliphatic heterocycles. The van der Waals surface area contributed by atoms with Crippen molar-refractivity contribution in [2.24, 2.45) is 16.7 Å². The predicted octanol–water partition coefficient (Wildman–Crippen LogP) is 5.19. The van der Waals surface area contributed by atoms with E-state index in [1.807, 2.05) is 18.2 Å². The summed E-state index contributed by atoms with van der Waals surface area (Å²) in [7, 11) is 1.79. The number of rotatable bonds is 5. The molecule has 1 aromatic carbocycles. The third-order valence-electron chi connectivity index (χ3n) is 12.1. The SMILES string of the molecule is CO[C@]12CCC3(CC1(C)[C@H](O)C1=CC(Cl)=CCC1=S)C1Cc4ccc(O)c5c4[C@@]3(CCN1CC1CC1)[C@@H]2O5. The second-order valence-corrected chi connectivity index (χ2v) is 14.3. The fourth-order valence-electron chi connectivity index (χ4n) is 10.4. The zero-order valence-corrected chi connectivity index (χ0v) is 23.7. The van der Waals surface area contributed by atoms with Crippen LogP contribution in [-0.2, 0) is 16.6 Å². The molecule has 5 fully saturated rings. The molecule has 2 heterocycles. The van der Waals surface area contributed by atoms with E-state index >= 15 is 0 Å². The Labute approximate surface area is 234 Å². The number of aromatic hydroxyl groups is 1. The van der Waals surface area contributed by atoms with Gasteiger partial charge in [0.05, 0.1) is 6.10 Å². The number of methoxy groups -OCH3 is 1. The van der Waals surface area contributed by atoms with Crippen molar-refractivity contribution < 1.29 is 19.7 Å². The molecule has 0 amide bonds. The molecule has 38 heavy (non-hydrogen) atoms. The molecule has 3 unspecified atom stereocenters. The lowest BCUT2D eigenvalue weighted by atomic mass is 9.31. The Morgan fingerprint density at radius 1 is 1.26 bits per heavy atom. The van der Waals surface area contributed by atoms with Crippen molar-refractivity contribution >= 4 is 28.7 Å². The number of hydrogen-bond acceptors (Lipinski definition) is 6. The number of ether oxygens (including phenoxy) is 2. The summed E-state index contributed by atoms with van der Waals surface area (Å²) in [6, 6.07) is 4.33. The Bertz CT molecular complexity index is 1340. The van der Waals surface area contributed by atoms with Crippen molar-refractivity contribution in [2.75, 3.05) is 20.2 Å². The second kappa shape index (κ2) is 7.64. The first-order valence-corrected chi connectivity index (χ1v) is 15.1. The molecule has 2 spiro atoms. The number of aliphatic hydroxyl groups is 1. The van der Waals surface area contributed by atoms with Gasteiger partial charge in [0.2, 0.25) is 0 Å². The molecule has 8 aliphatic rings. The van der Waals surface area contributed by atoms with Crippen LogP contribution in [0, 0.1) is 16.7 Å². The smallest absolute Gasteiger partial charge is 0.165 e. The minimum atomic E-state index is -0.827. The van der Waals surface area contributed by atoms with Gasteiger partial charge in [0.25, 0.3) is 0 Å². The van der Waals surface area contributed by atoms with Crippen LogP contribution in [0.4, 0.5) is 0 Å². The lowest BCUT2D eigenvalue weighted by Gasteiger charge is -2.77. The van der Waals surface area contributed by atoms with Crippen LogP contribution in [0.1, 0.15) is 63.0 Å². The third kappa shape index (κ3) is 2.63. The van der Waals surface area contributed by atoms with Crippen LogP contribution in [-0.4, -0.2) is 64.0 Å². The third-order valence-corrected chi connectivity index (χ3v) is 12.8. The van der Waals surface area contributed by atoms with Gasteiger partial charge in [-0.25, -0.2) is 0 Å². The van der Waals surface area contributed by atoms with E-state index in [4.69, 9.17) is 33.3 Å². The Morgan fingerprint density at radius 2 is 2.08 bits per heavy atom. The van der Waals surface area contributed by atoms with Crippen LogP contribution in [0.2, 0.25) is 0 Å². The highest BCUT2D eigenvalue weighted by molar-refractivity contribution is 7.80. The fraction of sp³-hybridized carbons (Fsp3) is 0.645. The van der Waals surface area contributed by atoms with Crippen LogP contribution in [0.15, 0.2) is 34.9 Å². The summed E-state index contributed by atoms with van der Waals surface area (Å²) in [6.07, 6.45) is 10.6. The van der Waals surface area contributed by atoms with E-state index in [1.165, 1.54) is 30.5 Å². The number of halogens is 1. The number of aliphatic hydroxyl groups excluding tert-OH is 1. The van der Waals surface area contributed by atoms with Crippen molar-refractivity contribution in [3.8, 4) is 11.5 Å². The molecule has 1 aromatic rings. The van der Waals surface area contributed by atoms with Gasteiger partial charge in [0.1, 0.15) is 11.7 Å². The van der Waals surface area contributed by atoms with Crippen molar-refractivity contribution in [2.45, 2.75) is 87.6 Å². The molecular formula is C31H36ClNO4S. The standard InChI is InChI=1S/C31H36ClNO4S/c1-28(26(35)20-14-19(32)6-8-22(20)38)16-29-9-10-31(28,36-2)27-30(29)11-12-33(15-17-3-4-17)23(29)13-18-5-7-21(34)25(37-27)24(18)30/h5-7,14,17,23,26-27,34-35H,3-4,8-13,15-16H2,1-2H3/t23?,26-,27+,28?,29?,30+,31+/m1/s1. The lowest BCUT2D eigenvalue weighted by molar-refractivity contribution is -0.319. The average molecular weight is 554 g/mol. The number of benzene rings is 1. The lowest BCUT2D eigenvalue weighted by Crippen LogP contribution is -2.84. The Kier molecular flexibility index (Phi) is 4.90. The number of likely N-dealkylation sites (tertiary alicyclic amines) is 1. The first-order valence-electron chi connectivity index (χ1n) is 14.3. The predicted molar refractivity (Wildman–Crippen MR) is 150 cm³/mol. The highest BCUT2D eigenvalue weighted by atomic mass is 35.5. The fourth-order valence-corrected chi connectivity index (χ4v) is 10.8. The first kappa shape index (κ1) is 24.4. The molecule has 9 rings (SSSR count). The highest BCUT2D eigenvalue weighted by Gasteiger charge is 2.84. The zero-order valence-electron chi connectivity index (χ0n) is 22.1. The van der Waals surface area contributed by atoms with E-state index in [2.05, 4.69) is 17.9 Å². The quantitative estimate of drug-likeness (QED) is 0.489. The summed E-state index contributed by atoms with van der Waals surface area (Å²) in [5.41, 5.74) is 1.62. The topological polar surface area (TPSA) is 62.2 Å². The number of hydrogen-bond donors (Lipinski definition) is 2. The molecule has 202 valence electrons. The summed E-state index contributed by atoms with van der Waals surface area (Å²) in [5, 5.41) is 24.0. The maximum absolute atomic E-state index is 12.3. The maximum atomic E-state index is 12.3. The average Bonchev–Trinajstić information content (AvgIpc) is 3.65. The number of phenolic OH excluding ortho intramolecular Hbond substituents is 1. The summed E-state index contributed by atoms with van der Waals surface area (Å²) in [5.74, 6) is 1.70. The van der Waals surface area contributed by atoms with Crippen LogP contribution >= 0.6 is 23.8 Å². The maximum Gasteiger partial charge on any atom is 0.165 e. The Balaban J connectivity index is 1.35. The molecule has 7 atom stereocenters. The molecule has 2 N–H and O–H groups in total. The van der Waals surface area contributed by atoms with Gasteiger partial charge in [-0.3, -0.25) is 4.90 Å². The highest BCUT2D eigenvalue weighted by Crippen LogP contribution is 2.79. The van der Waals surface area contributed by atoms with E-state index in [9.17, 15) is 10.2 Å². The van der Waals surface area contributed by atoms with Gasteiger partial charge in [0, 0.05) is 57.8 Å². The Morgan fingerprint density at radius 3 is 2.84 bits per heavy atom. The number of allylic oxidation sites excluding steroid dienone is 3. The summed E-state index contributed by atoms with van der Waals surface area (Å²) < 4.78 is 13.6. The van der Waals surface area contributed by atoms with Crippen molar-refractivity contribution in [3.63, 3.8) is 0 Å². The van der Waals surface area contributed by atoms with Crippen molar-refractivity contribution in [1.82, 2.24) is 4.90 Å². The monoisotopic (exact) mass is 553 g/mol. The van der Waals surface area contributed by atoms with Gasteiger partial charge in [-0.15, -0.1) is 0 Å². The molecule has 0 aromatic heterocycles. The molecule has 7 heteroatoms. The van der Waals surface area contributed by atoms with Crippen molar-refractivity contribution in [3.05, 3.63) is 46.0 Å². The van der Waals surface area contributed by atoms with Crippen molar-refractivity contribution in [1.29, 1.82) is 0 Å². The number of thiocarbonyl (C=S) groups is 1. The van der Waals surface area contributed by atoms with Gasteiger partial charge in [-0.2, -0.15) is 0 Å². The molecule has 6 aliphatic carbocycles. The summed E-state index contributed by atoms with van der Waals surface area (Å²) in [6.45, 7) is 4.41. The zero-order chi connectivity index (χ0) is 26.2. The number of fused-ring (bicyclic) bond motifs is 2. The van der Waals surface area contributed by atoms with E-state index < -0.39 is 17.1 Å². The molecule has 5 nitrogen and oxygen atoms in total. The largest absolute Gasteiger partial charge is 0.504 e. The summed E-state index contributed by atoms with van der Waals surface area (Å²) in [4.78, 5) is 3.54. The van der Waals surface area contributed by atoms with Crippen LogP contribution in [0.3, 0.4) is 0 Å². The van der Waals surface area contributed by atoms with Crippen LogP contribution < -0.4 is 4.74 Å². The molecular weight excluding hydrogens is 518 g/mol. The van der Waals surface area contributed by atoms with Gasteiger partial charge >= 0.3 is 0 Å². The van der Waals surface area contributed by atoms with E-state index in [0.717, 1.165) is 55.0 Å². The molecule has 4 saturated carbocycles. The molecule has 1 saturated heterocycles. The summed E-state index contributed by atoms with van der Waals surface area (Å²) >= 11 is 12.2. The van der Waals surface area contributed by atoms with E-state index in [1.54, 1.807) is 7.11 Å². The minimum Gasteiger partial charge on any atom is -0.504 e. The van der Waals surface area contributed by atoms with E-state index in [0.29, 0.717) is 23.2 Å². The number of piperidine rings is 1. The molecule has 0 radical (unpaired) electrons. The van der Waals surface area contributed by atoms with Gasteiger partial charge in [-0.05, 0) is 80.7 Å². The van der Waals surface area contributed by atoms with Crippen LogP contribution in [0.25, 0.3) is 0 Å². The van der Waals surface area contributed by atoms with Gasteiger partial charge < -0.3 is 19.7 Å². The number of phenols is 1. The molecule has 4 bridgehead atoms.